The van der Waals surface area contributed by atoms with Crippen molar-refractivity contribution in [1.82, 2.24) is 4.48 Å². The molecule has 1 aliphatic carbocycles. The summed E-state index contributed by atoms with van der Waals surface area (Å²) < 4.78 is 11.3. The highest BCUT2D eigenvalue weighted by Gasteiger charge is 2.45. The van der Waals surface area contributed by atoms with Crippen LogP contribution in [0.2, 0.25) is 0 Å². The maximum atomic E-state index is 5.32. The Balaban J connectivity index is 0.976. The fraction of sp³-hybridized carbons (Fsp3) is 0.153. The van der Waals surface area contributed by atoms with E-state index in [-0.39, 0.29) is 5.54 Å². The van der Waals surface area contributed by atoms with Crippen LogP contribution in [0.3, 0.4) is 0 Å². The smallest absolute Gasteiger partial charge is 0.138 e. The van der Waals surface area contributed by atoms with Gasteiger partial charge in [0.2, 0.25) is 0 Å². The fourth-order valence-electron chi connectivity index (χ4n) is 8.64. The Hall–Kier alpha value is -6.94. The number of allylic oxidation sites excluding steroid dienone is 2. The molecule has 2 unspecified atom stereocenters. The molecule has 0 N–H and O–H groups in total. The van der Waals surface area contributed by atoms with E-state index < -0.39 is 0 Å². The van der Waals surface area contributed by atoms with Crippen LogP contribution in [0.5, 0.6) is 11.5 Å². The minimum absolute atomic E-state index is 0.162. The highest BCUT2D eigenvalue weighted by Crippen LogP contribution is 2.45. The Morgan fingerprint density at radius 2 is 0.903 bits per heavy atom. The van der Waals surface area contributed by atoms with Crippen molar-refractivity contribution in [1.29, 1.82) is 0 Å². The van der Waals surface area contributed by atoms with E-state index >= 15 is 0 Å². The van der Waals surface area contributed by atoms with Crippen LogP contribution in [-0.2, 0) is 12.8 Å². The standard InChI is InChI=1S/C59H56NO2/c1-59(41-9-6-10-42-59)60(2,55-33-23-46(24-34-55)14-16-48-27-39-58(62-4)40-28-48)56-35-31-53(32-36-56)52-29-21-50(22-30-52)44-54(51-11-7-5-8-12-51)43-49-19-17-45(18-20-49)13-15-47-25-37-57(61-3)38-26-47/h5-41,54H,42-44H2,1-4H3/q+1/b15-13+,16-14+/t54-,59?,60?/m1/s1. The number of benzene rings is 7. The van der Waals surface area contributed by atoms with Crippen LogP contribution in [-0.4, -0.2) is 26.8 Å². The Kier molecular flexibility index (Phi) is 12.9. The van der Waals surface area contributed by atoms with Crippen molar-refractivity contribution in [3.8, 4) is 22.6 Å². The molecule has 3 heteroatoms. The second-order valence-corrected chi connectivity index (χ2v) is 16.7. The van der Waals surface area contributed by atoms with Gasteiger partial charge in [-0.2, -0.15) is 0 Å². The zero-order chi connectivity index (χ0) is 42.8. The molecule has 0 heterocycles. The second kappa shape index (κ2) is 19.2. The van der Waals surface area contributed by atoms with E-state index in [1.807, 2.05) is 24.3 Å². The molecule has 62 heavy (non-hydrogen) atoms. The summed E-state index contributed by atoms with van der Waals surface area (Å²) >= 11 is 0. The van der Waals surface area contributed by atoms with Crippen LogP contribution in [0.1, 0.15) is 58.2 Å². The molecule has 0 bridgehead atoms. The summed E-state index contributed by atoms with van der Waals surface area (Å²) in [6, 6.07) is 63.7. The lowest BCUT2D eigenvalue weighted by Crippen LogP contribution is -2.57. The van der Waals surface area contributed by atoms with Gasteiger partial charge < -0.3 is 9.47 Å². The van der Waals surface area contributed by atoms with Gasteiger partial charge in [-0.3, -0.25) is 4.48 Å². The monoisotopic (exact) mass is 810 g/mol. The Labute approximate surface area is 368 Å². The van der Waals surface area contributed by atoms with Crippen LogP contribution >= 0.6 is 0 Å². The SMILES string of the molecule is COc1ccc(/C=C/c2ccc(C[C@H](Cc3ccc(-c4ccc([N+](C)(c5ccc(/C=C/c6ccc(OC)cc6)cc5)C5(C)C=CC=CC5)cc4)cc3)c3ccccc3)cc2)cc1. The van der Waals surface area contributed by atoms with Crippen molar-refractivity contribution in [2.75, 3.05) is 21.3 Å². The van der Waals surface area contributed by atoms with E-state index in [9.17, 15) is 0 Å². The maximum absolute atomic E-state index is 5.32. The molecule has 0 aromatic heterocycles. The van der Waals surface area contributed by atoms with Crippen molar-refractivity contribution in [3.63, 3.8) is 0 Å². The number of hydrogen-bond acceptors (Lipinski definition) is 2. The lowest BCUT2D eigenvalue weighted by molar-refractivity contribution is 0.270. The minimum atomic E-state index is -0.162. The summed E-state index contributed by atoms with van der Waals surface area (Å²) in [6.07, 6.45) is 20.5. The van der Waals surface area contributed by atoms with Crippen molar-refractivity contribution in [2.24, 2.45) is 0 Å². The quantitative estimate of drug-likeness (QED) is 0.0759. The molecule has 0 saturated heterocycles. The molecule has 7 aromatic rings. The molecule has 7 aromatic carbocycles. The predicted octanol–water partition coefficient (Wildman–Crippen LogP) is 14.8. The number of ether oxygens (including phenoxy) is 2. The molecule has 8 rings (SSSR count). The molecular weight excluding hydrogens is 755 g/mol. The Bertz CT molecular complexity index is 2640. The lowest BCUT2D eigenvalue weighted by atomic mass is 9.86. The van der Waals surface area contributed by atoms with Crippen molar-refractivity contribution in [3.05, 3.63) is 239 Å². The number of hydrogen-bond donors (Lipinski definition) is 0. The van der Waals surface area contributed by atoms with Gasteiger partial charge in [0, 0.05) is 30.7 Å². The molecule has 0 spiro atoms. The third-order valence-electron chi connectivity index (χ3n) is 12.7. The fourth-order valence-corrected chi connectivity index (χ4v) is 8.64. The third kappa shape index (κ3) is 9.65. The van der Waals surface area contributed by atoms with Gasteiger partial charge in [0.05, 0.1) is 21.3 Å². The second-order valence-electron chi connectivity index (χ2n) is 16.7. The summed E-state index contributed by atoms with van der Waals surface area (Å²) in [7, 11) is 5.75. The zero-order valence-corrected chi connectivity index (χ0v) is 36.3. The van der Waals surface area contributed by atoms with Crippen molar-refractivity contribution >= 4 is 35.7 Å². The van der Waals surface area contributed by atoms with Gasteiger partial charge in [-0.25, -0.2) is 0 Å². The first-order valence-electron chi connectivity index (χ1n) is 21.6. The van der Waals surface area contributed by atoms with Gasteiger partial charge in [0.25, 0.3) is 0 Å². The van der Waals surface area contributed by atoms with Gasteiger partial charge in [-0.05, 0) is 130 Å². The summed E-state index contributed by atoms with van der Waals surface area (Å²) in [5, 5.41) is 0. The van der Waals surface area contributed by atoms with Crippen LogP contribution in [0.4, 0.5) is 11.4 Å². The van der Waals surface area contributed by atoms with Crippen LogP contribution in [0.15, 0.2) is 200 Å². The maximum Gasteiger partial charge on any atom is 0.138 e. The van der Waals surface area contributed by atoms with E-state index in [0.29, 0.717) is 10.4 Å². The van der Waals surface area contributed by atoms with E-state index in [1.165, 1.54) is 44.8 Å². The lowest BCUT2D eigenvalue weighted by Gasteiger charge is -2.47. The molecular formula is C59H56NO2+. The first kappa shape index (κ1) is 41.8. The molecule has 308 valence electrons. The molecule has 1 aliphatic rings. The van der Waals surface area contributed by atoms with E-state index in [1.54, 1.807) is 14.2 Å². The number of methoxy groups -OCH3 is 2. The molecule has 0 aliphatic heterocycles. The number of rotatable bonds is 15. The zero-order valence-electron chi connectivity index (χ0n) is 36.3. The number of nitrogens with zero attached hydrogens (tertiary/aromatic N) is 1. The predicted molar refractivity (Wildman–Crippen MR) is 264 cm³/mol. The third-order valence-corrected chi connectivity index (χ3v) is 12.7. The summed E-state index contributed by atoms with van der Waals surface area (Å²) in [5.74, 6) is 2.09. The Morgan fingerprint density at radius 3 is 1.34 bits per heavy atom. The average molecular weight is 811 g/mol. The molecule has 3 nitrogen and oxygen atoms in total. The van der Waals surface area contributed by atoms with Gasteiger partial charge in [0.15, 0.2) is 0 Å². The molecule has 0 fully saturated rings. The van der Waals surface area contributed by atoms with Gasteiger partial charge in [-0.1, -0.05) is 146 Å². The summed E-state index contributed by atoms with van der Waals surface area (Å²) in [5.41, 5.74) is 13.5. The van der Waals surface area contributed by atoms with Gasteiger partial charge in [-0.15, -0.1) is 0 Å². The molecule has 0 radical (unpaired) electrons. The average Bonchev–Trinajstić information content (AvgIpc) is 3.34. The van der Waals surface area contributed by atoms with E-state index in [2.05, 4.69) is 214 Å². The minimum Gasteiger partial charge on any atom is -0.497 e. The number of likely N-dealkylation sites (N-methyl/N-ethyl adjacent to an activating group) is 1. The first-order chi connectivity index (χ1) is 30.3. The van der Waals surface area contributed by atoms with Crippen molar-refractivity contribution in [2.45, 2.75) is 37.6 Å². The molecule has 3 atom stereocenters. The normalized spacial score (nSPS) is 16.3. The molecule has 0 amide bonds. The Morgan fingerprint density at radius 1 is 0.500 bits per heavy atom. The van der Waals surface area contributed by atoms with Crippen LogP contribution in [0, 0.1) is 0 Å². The highest BCUT2D eigenvalue weighted by molar-refractivity contribution is 5.73. The first-order valence-corrected chi connectivity index (χ1v) is 21.6. The van der Waals surface area contributed by atoms with E-state index in [0.717, 1.165) is 47.5 Å². The van der Waals surface area contributed by atoms with Gasteiger partial charge in [0.1, 0.15) is 28.4 Å². The largest absolute Gasteiger partial charge is 0.497 e. The summed E-state index contributed by atoms with van der Waals surface area (Å²) in [6.45, 7) is 2.37. The van der Waals surface area contributed by atoms with E-state index in [4.69, 9.17) is 9.47 Å². The van der Waals surface area contributed by atoms with Crippen LogP contribution in [0.25, 0.3) is 35.4 Å². The topological polar surface area (TPSA) is 18.5 Å². The van der Waals surface area contributed by atoms with Crippen LogP contribution < -0.4 is 14.0 Å². The highest BCUT2D eigenvalue weighted by atomic mass is 16.5. The summed E-state index contributed by atoms with van der Waals surface area (Å²) in [4.78, 5) is 0. The molecule has 0 saturated carbocycles. The number of quaternary nitrogens is 1. The van der Waals surface area contributed by atoms with Crippen molar-refractivity contribution < 1.29 is 9.47 Å². The van der Waals surface area contributed by atoms with Gasteiger partial charge >= 0.3 is 0 Å².